The number of aryl methyl sites for hydroxylation is 1. The van der Waals surface area contributed by atoms with Gasteiger partial charge in [0.15, 0.2) is 5.13 Å². The number of hydrogen-bond donors (Lipinski definition) is 1. The van der Waals surface area contributed by atoms with Crippen LogP contribution in [0, 0.1) is 6.92 Å². The number of aromatic nitrogens is 1. The smallest absolute Gasteiger partial charge is 0.263 e. The summed E-state index contributed by atoms with van der Waals surface area (Å²) < 4.78 is 0. The van der Waals surface area contributed by atoms with Gasteiger partial charge in [-0.05, 0) is 30.4 Å². The Bertz CT molecular complexity index is 798. The molecule has 3 rings (SSSR count). The van der Waals surface area contributed by atoms with E-state index in [9.17, 15) is 9.59 Å². The van der Waals surface area contributed by atoms with E-state index in [1.165, 1.54) is 11.3 Å². The summed E-state index contributed by atoms with van der Waals surface area (Å²) in [5.74, 6) is 0.0974. The summed E-state index contributed by atoms with van der Waals surface area (Å²) in [6.07, 6.45) is 1.41. The standard InChI is InChI=1S/C19H23N3O2S/c1-12(2)16-17(25-19(21-16)22-10-6-9-15(22)23)18(24)20-11-14-8-5-4-7-13(14)3/h4-5,7-8,12H,6,9-11H2,1-3H3,(H,20,24). The van der Waals surface area contributed by atoms with Crippen LogP contribution in [0.2, 0.25) is 0 Å². The number of rotatable bonds is 5. The first-order valence-corrected chi connectivity index (χ1v) is 9.43. The molecule has 2 heterocycles. The maximum absolute atomic E-state index is 12.7. The predicted molar refractivity (Wildman–Crippen MR) is 100 cm³/mol. The first-order valence-electron chi connectivity index (χ1n) is 8.61. The van der Waals surface area contributed by atoms with Gasteiger partial charge in [-0.15, -0.1) is 0 Å². The Hall–Kier alpha value is -2.21. The average Bonchev–Trinajstić information content (AvgIpc) is 3.20. The van der Waals surface area contributed by atoms with Crippen molar-refractivity contribution in [1.82, 2.24) is 10.3 Å². The van der Waals surface area contributed by atoms with Gasteiger partial charge < -0.3 is 5.32 Å². The number of hydrogen-bond acceptors (Lipinski definition) is 4. The number of amides is 2. The van der Waals surface area contributed by atoms with Gasteiger partial charge in [-0.3, -0.25) is 14.5 Å². The molecule has 1 aliphatic rings. The summed E-state index contributed by atoms with van der Waals surface area (Å²) in [7, 11) is 0. The Morgan fingerprint density at radius 3 is 2.76 bits per heavy atom. The summed E-state index contributed by atoms with van der Waals surface area (Å²) in [4.78, 5) is 31.6. The van der Waals surface area contributed by atoms with Crippen LogP contribution in [0.5, 0.6) is 0 Å². The minimum atomic E-state index is -0.123. The minimum Gasteiger partial charge on any atom is -0.347 e. The zero-order valence-corrected chi connectivity index (χ0v) is 15.7. The lowest BCUT2D eigenvalue weighted by Crippen LogP contribution is -2.23. The summed E-state index contributed by atoms with van der Waals surface area (Å²) in [6, 6.07) is 8.00. The van der Waals surface area contributed by atoms with Gasteiger partial charge in [-0.1, -0.05) is 49.4 Å². The van der Waals surface area contributed by atoms with E-state index >= 15 is 0 Å². The monoisotopic (exact) mass is 357 g/mol. The number of nitrogens with zero attached hydrogens (tertiary/aromatic N) is 2. The number of benzene rings is 1. The van der Waals surface area contributed by atoms with E-state index < -0.39 is 0 Å². The highest BCUT2D eigenvalue weighted by molar-refractivity contribution is 7.17. The van der Waals surface area contributed by atoms with E-state index in [0.717, 1.165) is 23.2 Å². The normalized spacial score (nSPS) is 14.4. The molecule has 2 amide bonds. The maximum atomic E-state index is 12.7. The van der Waals surface area contributed by atoms with Gasteiger partial charge in [-0.25, -0.2) is 4.98 Å². The molecule has 0 saturated carbocycles. The van der Waals surface area contributed by atoms with Gasteiger partial charge in [0.1, 0.15) is 4.88 Å². The first kappa shape index (κ1) is 17.6. The molecule has 132 valence electrons. The van der Waals surface area contributed by atoms with Crippen molar-refractivity contribution in [2.45, 2.75) is 46.1 Å². The lowest BCUT2D eigenvalue weighted by Gasteiger charge is -2.10. The van der Waals surface area contributed by atoms with E-state index in [-0.39, 0.29) is 17.7 Å². The topological polar surface area (TPSA) is 62.3 Å². The Balaban J connectivity index is 1.80. The zero-order chi connectivity index (χ0) is 18.0. The van der Waals surface area contributed by atoms with Crippen LogP contribution < -0.4 is 10.2 Å². The largest absolute Gasteiger partial charge is 0.347 e. The summed E-state index contributed by atoms with van der Waals surface area (Å²) in [5, 5.41) is 3.64. The molecule has 0 unspecified atom stereocenters. The quantitative estimate of drug-likeness (QED) is 0.889. The molecule has 1 N–H and O–H groups in total. The van der Waals surface area contributed by atoms with Crippen LogP contribution in [0.25, 0.3) is 0 Å². The van der Waals surface area contributed by atoms with Crippen molar-refractivity contribution < 1.29 is 9.59 Å². The SMILES string of the molecule is Cc1ccccc1CNC(=O)c1sc(N2CCCC2=O)nc1C(C)C. The van der Waals surface area contributed by atoms with E-state index in [0.29, 0.717) is 29.5 Å². The van der Waals surface area contributed by atoms with E-state index in [1.54, 1.807) is 4.90 Å². The van der Waals surface area contributed by atoms with Crippen LogP contribution in [-0.4, -0.2) is 23.3 Å². The molecule has 2 aromatic rings. The summed E-state index contributed by atoms with van der Waals surface area (Å²) >= 11 is 1.32. The Labute approximate surface area is 152 Å². The fourth-order valence-electron chi connectivity index (χ4n) is 2.90. The molecule has 0 atom stereocenters. The molecule has 0 radical (unpaired) electrons. The van der Waals surface area contributed by atoms with Gasteiger partial charge in [0.2, 0.25) is 5.91 Å². The molecule has 0 aliphatic carbocycles. The third-order valence-corrected chi connectivity index (χ3v) is 5.49. The highest BCUT2D eigenvalue weighted by Crippen LogP contribution is 2.33. The Morgan fingerprint density at radius 1 is 1.36 bits per heavy atom. The number of carbonyl (C=O) groups is 2. The molecule has 6 heteroatoms. The van der Waals surface area contributed by atoms with Gasteiger partial charge in [0.25, 0.3) is 5.91 Å². The third kappa shape index (κ3) is 3.74. The van der Waals surface area contributed by atoms with Crippen LogP contribution >= 0.6 is 11.3 Å². The van der Waals surface area contributed by atoms with Crippen LogP contribution in [-0.2, 0) is 11.3 Å². The highest BCUT2D eigenvalue weighted by atomic mass is 32.1. The number of thiazole rings is 1. The lowest BCUT2D eigenvalue weighted by molar-refractivity contribution is -0.117. The highest BCUT2D eigenvalue weighted by Gasteiger charge is 2.28. The fraction of sp³-hybridized carbons (Fsp3) is 0.421. The molecule has 1 aliphatic heterocycles. The average molecular weight is 357 g/mol. The lowest BCUT2D eigenvalue weighted by atomic mass is 10.1. The molecular weight excluding hydrogens is 334 g/mol. The second kappa shape index (κ2) is 7.35. The number of carbonyl (C=O) groups excluding carboxylic acids is 2. The molecule has 1 fully saturated rings. The number of anilines is 1. The van der Waals surface area contributed by atoms with Crippen molar-refractivity contribution in [3.8, 4) is 0 Å². The Morgan fingerprint density at radius 2 is 2.12 bits per heavy atom. The van der Waals surface area contributed by atoms with Crippen LogP contribution in [0.4, 0.5) is 5.13 Å². The van der Waals surface area contributed by atoms with E-state index in [4.69, 9.17) is 0 Å². The van der Waals surface area contributed by atoms with Crippen molar-refractivity contribution in [3.05, 3.63) is 46.0 Å². The zero-order valence-electron chi connectivity index (χ0n) is 14.8. The van der Waals surface area contributed by atoms with E-state index in [2.05, 4.69) is 10.3 Å². The molecule has 1 saturated heterocycles. The fourth-order valence-corrected chi connectivity index (χ4v) is 4.08. The second-order valence-electron chi connectivity index (χ2n) is 6.62. The van der Waals surface area contributed by atoms with Crippen molar-refractivity contribution >= 4 is 28.3 Å². The summed E-state index contributed by atoms with van der Waals surface area (Å²) in [6.45, 7) is 7.24. The predicted octanol–water partition coefficient (Wildman–Crippen LogP) is 3.63. The van der Waals surface area contributed by atoms with Crippen molar-refractivity contribution in [2.24, 2.45) is 0 Å². The van der Waals surface area contributed by atoms with Crippen molar-refractivity contribution in [2.75, 3.05) is 11.4 Å². The minimum absolute atomic E-state index is 0.0934. The molecular formula is C19H23N3O2S. The van der Waals surface area contributed by atoms with Crippen LogP contribution in [0.1, 0.15) is 59.1 Å². The third-order valence-electron chi connectivity index (χ3n) is 4.40. The number of nitrogens with one attached hydrogen (secondary N) is 1. The maximum Gasteiger partial charge on any atom is 0.263 e. The summed E-state index contributed by atoms with van der Waals surface area (Å²) in [5.41, 5.74) is 3.02. The molecule has 1 aromatic carbocycles. The van der Waals surface area contributed by atoms with Crippen LogP contribution in [0.3, 0.4) is 0 Å². The van der Waals surface area contributed by atoms with E-state index in [1.807, 2.05) is 45.0 Å². The molecule has 0 spiro atoms. The first-order chi connectivity index (χ1) is 12.0. The van der Waals surface area contributed by atoms with Crippen LogP contribution in [0.15, 0.2) is 24.3 Å². The van der Waals surface area contributed by atoms with Crippen molar-refractivity contribution in [1.29, 1.82) is 0 Å². The van der Waals surface area contributed by atoms with Gasteiger partial charge in [-0.2, -0.15) is 0 Å². The molecule has 0 bridgehead atoms. The van der Waals surface area contributed by atoms with Gasteiger partial charge >= 0.3 is 0 Å². The molecule has 1 aromatic heterocycles. The van der Waals surface area contributed by atoms with Gasteiger partial charge in [0, 0.05) is 19.5 Å². The van der Waals surface area contributed by atoms with Crippen molar-refractivity contribution in [3.63, 3.8) is 0 Å². The van der Waals surface area contributed by atoms with Gasteiger partial charge in [0.05, 0.1) is 5.69 Å². The molecule has 25 heavy (non-hydrogen) atoms. The molecule has 5 nitrogen and oxygen atoms in total. The second-order valence-corrected chi connectivity index (χ2v) is 7.60. The Kier molecular flexibility index (Phi) is 5.18.